The average molecular weight is 247 g/mol. The van der Waals surface area contributed by atoms with E-state index in [2.05, 4.69) is 0 Å². The Hall–Kier alpha value is -0.380. The van der Waals surface area contributed by atoms with Crippen molar-refractivity contribution in [2.45, 2.75) is 32.3 Å². The molecule has 0 saturated carbocycles. The van der Waals surface area contributed by atoms with Crippen LogP contribution >= 0.6 is 22.9 Å². The molecule has 1 aromatic heterocycles. The predicted molar refractivity (Wildman–Crippen MR) is 64.0 cm³/mol. The summed E-state index contributed by atoms with van der Waals surface area (Å²) in [5, 5.41) is 2.34. The van der Waals surface area contributed by atoms with Crippen LogP contribution in [-0.4, -0.2) is 18.5 Å². The number of hydrogen-bond donors (Lipinski definition) is 0. The molecule has 84 valence electrons. The maximum Gasteiger partial charge on any atom is 0.205 e. The van der Waals surface area contributed by atoms with Crippen LogP contribution in [0.2, 0.25) is 5.02 Å². The predicted octanol–water partition coefficient (Wildman–Crippen LogP) is 3.79. The van der Waals surface area contributed by atoms with E-state index in [1.54, 1.807) is 13.2 Å². The lowest BCUT2D eigenvalue weighted by atomic mass is 9.91. The zero-order valence-electron chi connectivity index (χ0n) is 9.17. The van der Waals surface area contributed by atoms with Crippen molar-refractivity contribution in [2.75, 3.05) is 7.11 Å². The summed E-state index contributed by atoms with van der Waals surface area (Å²) in [5.74, 6) is -0.00463. The molecule has 0 amide bonds. The van der Waals surface area contributed by atoms with Crippen LogP contribution in [0.5, 0.6) is 0 Å². The van der Waals surface area contributed by atoms with E-state index in [9.17, 15) is 4.79 Å². The molecule has 1 heterocycles. The van der Waals surface area contributed by atoms with Crippen LogP contribution < -0.4 is 0 Å². The van der Waals surface area contributed by atoms with E-state index in [1.165, 1.54) is 11.3 Å². The average Bonchev–Trinajstić information content (AvgIpc) is 2.67. The summed E-state index contributed by atoms with van der Waals surface area (Å²) >= 11 is 7.31. The second kappa shape index (κ2) is 5.10. The fourth-order valence-corrected chi connectivity index (χ4v) is 2.79. The third-order valence-electron chi connectivity index (χ3n) is 2.77. The molecule has 0 aromatic carbocycles. The molecule has 0 spiro atoms. The molecule has 0 fully saturated rings. The van der Waals surface area contributed by atoms with Gasteiger partial charge in [-0.2, -0.15) is 0 Å². The van der Waals surface area contributed by atoms with Crippen LogP contribution in [0.1, 0.15) is 36.4 Å². The zero-order chi connectivity index (χ0) is 11.5. The van der Waals surface area contributed by atoms with Gasteiger partial charge in [-0.05, 0) is 24.3 Å². The number of Topliss-reactive ketones (excluding diaryl/α,β-unsaturated/α-hetero) is 1. The first-order valence-corrected chi connectivity index (χ1v) is 6.20. The Labute approximate surface area is 99.2 Å². The lowest BCUT2D eigenvalue weighted by Crippen LogP contribution is -2.39. The molecule has 0 radical (unpaired) electrons. The van der Waals surface area contributed by atoms with E-state index >= 15 is 0 Å². The molecule has 1 aromatic rings. The second-order valence-corrected chi connectivity index (χ2v) is 4.66. The van der Waals surface area contributed by atoms with Crippen molar-refractivity contribution >= 4 is 28.7 Å². The van der Waals surface area contributed by atoms with Crippen LogP contribution in [-0.2, 0) is 4.74 Å². The Morgan fingerprint density at radius 3 is 2.47 bits per heavy atom. The zero-order valence-corrected chi connectivity index (χ0v) is 10.7. The Morgan fingerprint density at radius 1 is 1.53 bits per heavy atom. The van der Waals surface area contributed by atoms with Crippen molar-refractivity contribution in [1.82, 2.24) is 0 Å². The van der Waals surface area contributed by atoms with Crippen molar-refractivity contribution in [3.05, 3.63) is 21.3 Å². The van der Waals surface area contributed by atoms with Gasteiger partial charge in [0.1, 0.15) is 5.60 Å². The number of halogens is 1. The summed E-state index contributed by atoms with van der Waals surface area (Å²) in [6.07, 6.45) is 1.32. The normalized spacial score (nSPS) is 11.7. The number of thiophene rings is 1. The van der Waals surface area contributed by atoms with Gasteiger partial charge < -0.3 is 4.74 Å². The van der Waals surface area contributed by atoms with Crippen molar-refractivity contribution in [3.63, 3.8) is 0 Å². The molecule has 0 unspecified atom stereocenters. The molecular weight excluding hydrogens is 232 g/mol. The van der Waals surface area contributed by atoms with E-state index in [0.29, 0.717) is 22.7 Å². The summed E-state index contributed by atoms with van der Waals surface area (Å²) < 4.78 is 5.38. The first-order valence-electron chi connectivity index (χ1n) is 4.94. The molecule has 15 heavy (non-hydrogen) atoms. The van der Waals surface area contributed by atoms with Gasteiger partial charge in [0.15, 0.2) is 0 Å². The van der Waals surface area contributed by atoms with Gasteiger partial charge in [0, 0.05) is 7.11 Å². The summed E-state index contributed by atoms with van der Waals surface area (Å²) in [6, 6.07) is 1.74. The maximum absolute atomic E-state index is 12.2. The summed E-state index contributed by atoms with van der Waals surface area (Å²) in [6.45, 7) is 3.90. The number of carbonyl (C=O) groups excluding carboxylic acids is 1. The molecule has 1 rings (SSSR count). The quantitative estimate of drug-likeness (QED) is 0.739. The Kier molecular flexibility index (Phi) is 4.32. The molecule has 0 aliphatic heterocycles. The van der Waals surface area contributed by atoms with Gasteiger partial charge in [-0.15, -0.1) is 11.3 Å². The van der Waals surface area contributed by atoms with Crippen LogP contribution in [0.4, 0.5) is 0 Å². The third kappa shape index (κ3) is 2.25. The number of ether oxygens (including phenoxy) is 1. The number of methoxy groups -OCH3 is 1. The fourth-order valence-electron chi connectivity index (χ4n) is 1.62. The summed E-state index contributed by atoms with van der Waals surface area (Å²) in [4.78, 5) is 12.8. The van der Waals surface area contributed by atoms with Gasteiger partial charge in [0.25, 0.3) is 0 Å². The molecule has 0 atom stereocenters. The molecule has 0 saturated heterocycles. The SMILES string of the molecule is CCC(CC)(OC)C(=O)c1sccc1Cl. The molecule has 2 nitrogen and oxygen atoms in total. The Morgan fingerprint density at radius 2 is 2.13 bits per heavy atom. The minimum Gasteiger partial charge on any atom is -0.370 e. The minimum atomic E-state index is -0.714. The van der Waals surface area contributed by atoms with Gasteiger partial charge in [-0.1, -0.05) is 25.4 Å². The highest BCUT2D eigenvalue weighted by molar-refractivity contribution is 7.12. The van der Waals surface area contributed by atoms with Gasteiger partial charge >= 0.3 is 0 Å². The van der Waals surface area contributed by atoms with Crippen molar-refractivity contribution in [3.8, 4) is 0 Å². The maximum atomic E-state index is 12.2. The lowest BCUT2D eigenvalue weighted by molar-refractivity contribution is -0.00225. The highest BCUT2D eigenvalue weighted by atomic mass is 35.5. The molecule has 0 bridgehead atoms. The van der Waals surface area contributed by atoms with Gasteiger partial charge in [0.2, 0.25) is 5.78 Å². The number of hydrogen-bond acceptors (Lipinski definition) is 3. The Bertz CT molecular complexity index is 334. The molecule has 0 aliphatic carbocycles. The first-order chi connectivity index (χ1) is 7.11. The van der Waals surface area contributed by atoms with E-state index in [4.69, 9.17) is 16.3 Å². The molecular formula is C11H15ClO2S. The monoisotopic (exact) mass is 246 g/mol. The van der Waals surface area contributed by atoms with Crippen LogP contribution in [0.3, 0.4) is 0 Å². The first kappa shape index (κ1) is 12.7. The minimum absolute atomic E-state index is 0.00463. The van der Waals surface area contributed by atoms with Crippen molar-refractivity contribution in [2.24, 2.45) is 0 Å². The van der Waals surface area contributed by atoms with Crippen LogP contribution in [0.25, 0.3) is 0 Å². The third-order valence-corrected chi connectivity index (χ3v) is 4.11. The number of ketones is 1. The number of carbonyl (C=O) groups is 1. The van der Waals surface area contributed by atoms with E-state index in [0.717, 1.165) is 0 Å². The molecule has 0 aliphatic rings. The highest BCUT2D eigenvalue weighted by Gasteiger charge is 2.36. The van der Waals surface area contributed by atoms with E-state index < -0.39 is 5.60 Å². The summed E-state index contributed by atoms with van der Waals surface area (Å²) in [5.41, 5.74) is -0.714. The van der Waals surface area contributed by atoms with Gasteiger partial charge in [-0.3, -0.25) is 4.79 Å². The smallest absolute Gasteiger partial charge is 0.205 e. The fraction of sp³-hybridized carbons (Fsp3) is 0.545. The molecule has 0 N–H and O–H groups in total. The van der Waals surface area contributed by atoms with Crippen LogP contribution in [0.15, 0.2) is 11.4 Å². The molecule has 4 heteroatoms. The standard InChI is InChI=1S/C11H15ClO2S/c1-4-11(5-2,14-3)10(13)9-8(12)6-7-15-9/h6-7H,4-5H2,1-3H3. The topological polar surface area (TPSA) is 26.3 Å². The summed E-state index contributed by atoms with van der Waals surface area (Å²) in [7, 11) is 1.58. The van der Waals surface area contributed by atoms with Crippen molar-refractivity contribution < 1.29 is 9.53 Å². The van der Waals surface area contributed by atoms with Gasteiger partial charge in [0.05, 0.1) is 9.90 Å². The van der Waals surface area contributed by atoms with E-state index in [1.807, 2.05) is 19.2 Å². The Balaban J connectivity index is 3.06. The second-order valence-electron chi connectivity index (χ2n) is 3.33. The lowest BCUT2D eigenvalue weighted by Gasteiger charge is -2.27. The van der Waals surface area contributed by atoms with Crippen molar-refractivity contribution in [1.29, 1.82) is 0 Å². The van der Waals surface area contributed by atoms with Crippen LogP contribution in [0, 0.1) is 0 Å². The highest BCUT2D eigenvalue weighted by Crippen LogP contribution is 2.31. The van der Waals surface area contributed by atoms with Gasteiger partial charge in [-0.25, -0.2) is 0 Å². The number of rotatable bonds is 5. The van der Waals surface area contributed by atoms with E-state index in [-0.39, 0.29) is 5.78 Å². The largest absolute Gasteiger partial charge is 0.370 e.